The van der Waals surface area contributed by atoms with E-state index in [0.717, 1.165) is 37.1 Å². The van der Waals surface area contributed by atoms with Crippen molar-refractivity contribution < 1.29 is 0 Å². The molecular weight excluding hydrogens is 480 g/mol. The largest absolute Gasteiger partial charge is 0.378 e. The molecule has 210 valence electrons. The van der Waals surface area contributed by atoms with Crippen molar-refractivity contribution in [2.24, 2.45) is 0 Å². The lowest BCUT2D eigenvalue weighted by molar-refractivity contribution is 0.748. The zero-order valence-electron chi connectivity index (χ0n) is 25.4. The van der Waals surface area contributed by atoms with E-state index in [1.807, 2.05) is 34.6 Å². The lowest BCUT2D eigenvalue weighted by Crippen LogP contribution is -2.09. The van der Waals surface area contributed by atoms with Gasteiger partial charge in [0.2, 0.25) is 0 Å². The predicted octanol–water partition coefficient (Wildman–Crippen LogP) is 10.9. The first-order valence-electron chi connectivity index (χ1n) is 14.0. The summed E-state index contributed by atoms with van der Waals surface area (Å²) < 4.78 is 0. The first-order chi connectivity index (χ1) is 18.4. The molecular formula is C35H54N2S. The van der Waals surface area contributed by atoms with Crippen LogP contribution < -0.4 is 5.32 Å². The lowest BCUT2D eigenvalue weighted by Gasteiger charge is -2.19. The number of hydrogen-bond donors (Lipinski definition) is 3. The smallest absolute Gasteiger partial charge is 0.0511 e. The van der Waals surface area contributed by atoms with Crippen LogP contribution in [0.3, 0.4) is 0 Å². The Hall–Kier alpha value is -2.78. The SMILES string of the molecule is C=C.CC.CC.CCC(Nc1ccc(C)cc1)c1ccc(CCC(C)=N)cc1.Cc1ccc(CCS)cc1. The van der Waals surface area contributed by atoms with Crippen molar-refractivity contribution in [1.82, 2.24) is 0 Å². The number of hydrogen-bond acceptors (Lipinski definition) is 3. The van der Waals surface area contributed by atoms with E-state index in [1.165, 1.54) is 33.5 Å². The maximum Gasteiger partial charge on any atom is 0.0511 e. The minimum absolute atomic E-state index is 0.334. The monoisotopic (exact) mass is 534 g/mol. The van der Waals surface area contributed by atoms with Gasteiger partial charge in [-0.05, 0) is 81.0 Å². The van der Waals surface area contributed by atoms with Gasteiger partial charge in [0.15, 0.2) is 0 Å². The average Bonchev–Trinajstić information content (AvgIpc) is 2.97. The van der Waals surface area contributed by atoms with Crippen LogP contribution in [0.5, 0.6) is 0 Å². The van der Waals surface area contributed by atoms with Gasteiger partial charge in [-0.1, -0.05) is 106 Å². The second-order valence-corrected chi connectivity index (χ2v) is 8.90. The van der Waals surface area contributed by atoms with Crippen molar-refractivity contribution in [1.29, 1.82) is 5.41 Å². The molecule has 0 amide bonds. The average molecular weight is 535 g/mol. The van der Waals surface area contributed by atoms with E-state index in [4.69, 9.17) is 5.41 Å². The van der Waals surface area contributed by atoms with Crippen LogP contribution in [0.15, 0.2) is 86.0 Å². The molecule has 3 rings (SSSR count). The molecule has 0 saturated carbocycles. The van der Waals surface area contributed by atoms with E-state index in [9.17, 15) is 0 Å². The third-order valence-electron chi connectivity index (χ3n) is 5.49. The molecule has 38 heavy (non-hydrogen) atoms. The highest BCUT2D eigenvalue weighted by molar-refractivity contribution is 7.80. The Bertz CT molecular complexity index is 945. The van der Waals surface area contributed by atoms with Crippen LogP contribution in [-0.4, -0.2) is 11.5 Å². The molecule has 0 aliphatic heterocycles. The topological polar surface area (TPSA) is 35.9 Å². The van der Waals surface area contributed by atoms with Gasteiger partial charge in [-0.15, -0.1) is 13.2 Å². The van der Waals surface area contributed by atoms with E-state index in [1.54, 1.807) is 0 Å². The van der Waals surface area contributed by atoms with Gasteiger partial charge in [0.05, 0.1) is 6.04 Å². The molecule has 0 saturated heterocycles. The van der Waals surface area contributed by atoms with Crippen molar-refractivity contribution in [3.05, 3.63) is 114 Å². The molecule has 2 nitrogen and oxygen atoms in total. The van der Waals surface area contributed by atoms with Crippen LogP contribution in [0.1, 0.15) is 88.2 Å². The molecule has 0 fully saturated rings. The van der Waals surface area contributed by atoms with E-state index in [2.05, 4.69) is 125 Å². The summed E-state index contributed by atoms with van der Waals surface area (Å²) in [7, 11) is 0. The minimum atomic E-state index is 0.334. The summed E-state index contributed by atoms with van der Waals surface area (Å²) >= 11 is 4.16. The molecule has 0 aliphatic rings. The molecule has 0 aliphatic carbocycles. The summed E-state index contributed by atoms with van der Waals surface area (Å²) in [5.74, 6) is 0.934. The summed E-state index contributed by atoms with van der Waals surface area (Å²) in [6.07, 6.45) is 3.92. The number of anilines is 1. The first kappa shape index (κ1) is 37.4. The number of aryl methyl sites for hydroxylation is 4. The third kappa shape index (κ3) is 16.9. The van der Waals surface area contributed by atoms with Crippen LogP contribution in [0.2, 0.25) is 0 Å². The molecule has 3 heteroatoms. The van der Waals surface area contributed by atoms with Crippen molar-refractivity contribution in [2.45, 2.75) is 87.1 Å². The fourth-order valence-corrected chi connectivity index (χ4v) is 3.66. The third-order valence-corrected chi connectivity index (χ3v) is 5.72. The molecule has 1 atom stereocenters. The quantitative estimate of drug-likeness (QED) is 0.142. The Morgan fingerprint density at radius 2 is 1.18 bits per heavy atom. The maximum absolute atomic E-state index is 7.51. The normalized spacial score (nSPS) is 9.92. The molecule has 0 spiro atoms. The van der Waals surface area contributed by atoms with Gasteiger partial charge in [-0.3, -0.25) is 0 Å². The van der Waals surface area contributed by atoms with Gasteiger partial charge in [-0.25, -0.2) is 0 Å². The predicted molar refractivity (Wildman–Crippen MR) is 179 cm³/mol. The lowest BCUT2D eigenvalue weighted by atomic mass is 10.00. The van der Waals surface area contributed by atoms with E-state index in [-0.39, 0.29) is 0 Å². The van der Waals surface area contributed by atoms with E-state index in [0.29, 0.717) is 6.04 Å². The van der Waals surface area contributed by atoms with Gasteiger partial charge in [0.25, 0.3) is 0 Å². The Morgan fingerprint density at radius 1 is 0.763 bits per heavy atom. The van der Waals surface area contributed by atoms with Gasteiger partial charge < -0.3 is 10.7 Å². The molecule has 0 radical (unpaired) electrons. The maximum atomic E-state index is 7.51. The summed E-state index contributed by atoms with van der Waals surface area (Å²) in [6, 6.07) is 26.3. The second-order valence-electron chi connectivity index (χ2n) is 8.45. The zero-order chi connectivity index (χ0) is 29.3. The highest BCUT2D eigenvalue weighted by Gasteiger charge is 2.09. The summed E-state index contributed by atoms with van der Waals surface area (Å²) in [6.45, 7) is 22.3. The summed E-state index contributed by atoms with van der Waals surface area (Å²) in [4.78, 5) is 0. The van der Waals surface area contributed by atoms with Gasteiger partial charge in [-0.2, -0.15) is 12.6 Å². The molecule has 2 N–H and O–H groups in total. The Balaban J connectivity index is 0. The minimum Gasteiger partial charge on any atom is -0.378 e. The highest BCUT2D eigenvalue weighted by atomic mass is 32.1. The number of nitrogens with one attached hydrogen (secondary N) is 2. The fraction of sp³-hybridized carbons (Fsp3) is 0.400. The van der Waals surface area contributed by atoms with Crippen LogP contribution in [0, 0.1) is 19.3 Å². The molecule has 3 aromatic rings. The summed E-state index contributed by atoms with van der Waals surface area (Å²) in [5, 5.41) is 11.1. The van der Waals surface area contributed by atoms with Crippen LogP contribution in [-0.2, 0) is 12.8 Å². The van der Waals surface area contributed by atoms with Crippen molar-refractivity contribution >= 4 is 24.0 Å². The number of rotatable bonds is 9. The Kier molecular flexibility index (Phi) is 24.1. The summed E-state index contributed by atoms with van der Waals surface area (Å²) in [5.41, 5.74) is 8.52. The second kappa shape index (κ2) is 24.6. The van der Waals surface area contributed by atoms with E-state index < -0.39 is 0 Å². The van der Waals surface area contributed by atoms with Crippen LogP contribution in [0.4, 0.5) is 5.69 Å². The fourth-order valence-electron chi connectivity index (χ4n) is 3.40. The van der Waals surface area contributed by atoms with Crippen LogP contribution in [0.25, 0.3) is 0 Å². The highest BCUT2D eigenvalue weighted by Crippen LogP contribution is 2.23. The Morgan fingerprint density at radius 3 is 1.61 bits per heavy atom. The van der Waals surface area contributed by atoms with Gasteiger partial charge in [0.1, 0.15) is 0 Å². The molecule has 0 aromatic heterocycles. The van der Waals surface area contributed by atoms with Crippen molar-refractivity contribution in [3.63, 3.8) is 0 Å². The molecule has 1 unspecified atom stereocenters. The Labute approximate surface area is 240 Å². The number of benzene rings is 3. The zero-order valence-corrected chi connectivity index (χ0v) is 26.3. The molecule has 0 heterocycles. The molecule has 0 bridgehead atoms. The van der Waals surface area contributed by atoms with Gasteiger partial charge >= 0.3 is 0 Å². The standard InChI is InChI=1S/C20H26N2.C9H12S.2C2H6.C2H4/c1-4-20(22-19-13-5-15(2)6-14-19)18-11-9-17(10-12-18)8-7-16(3)21;1-8-2-4-9(5-3-8)6-7-10;3*1-2/h5-6,9-14,20-22H,4,7-8H2,1-3H3;2-5,10H,6-7H2,1H3;2*1-2H3;1-2H2. The van der Waals surface area contributed by atoms with Crippen molar-refractivity contribution in [2.75, 3.05) is 11.1 Å². The van der Waals surface area contributed by atoms with Gasteiger partial charge in [0, 0.05) is 11.4 Å². The number of thiol groups is 1. The van der Waals surface area contributed by atoms with E-state index >= 15 is 0 Å². The first-order valence-corrected chi connectivity index (χ1v) is 14.7. The molecule has 3 aromatic carbocycles. The van der Waals surface area contributed by atoms with Crippen molar-refractivity contribution in [3.8, 4) is 0 Å². The van der Waals surface area contributed by atoms with Crippen LogP contribution >= 0.6 is 12.6 Å².